The first-order valence-corrected chi connectivity index (χ1v) is 11.0. The number of hydrogen-bond donors (Lipinski definition) is 0. The molecule has 1 amide bonds. The van der Waals surface area contributed by atoms with Crippen LogP contribution in [0.25, 0.3) is 10.2 Å². The van der Waals surface area contributed by atoms with Crippen LogP contribution in [0.4, 0.5) is 10.1 Å². The maximum Gasteiger partial charge on any atom is 0.227 e. The topological polar surface area (TPSA) is 36.4 Å². The molecule has 6 heteroatoms. The van der Waals surface area contributed by atoms with E-state index in [-0.39, 0.29) is 17.1 Å². The number of benzene rings is 2. The lowest BCUT2D eigenvalue weighted by Gasteiger charge is -2.41. The highest BCUT2D eigenvalue weighted by Crippen LogP contribution is 2.44. The lowest BCUT2D eigenvalue weighted by atomic mass is 9.77. The van der Waals surface area contributed by atoms with Crippen molar-refractivity contribution in [2.45, 2.75) is 32.2 Å². The van der Waals surface area contributed by atoms with Crippen LogP contribution < -0.4 is 4.90 Å². The second-order valence-corrected chi connectivity index (χ2v) is 9.31. The Morgan fingerprint density at radius 3 is 2.66 bits per heavy atom. The molecule has 1 atom stereocenters. The van der Waals surface area contributed by atoms with E-state index in [0.717, 1.165) is 43.7 Å². The van der Waals surface area contributed by atoms with E-state index in [1.165, 1.54) is 22.4 Å². The third-order valence-corrected chi connectivity index (χ3v) is 7.51. The molecule has 5 rings (SSSR count). The van der Waals surface area contributed by atoms with E-state index >= 15 is 0 Å². The van der Waals surface area contributed by atoms with Crippen molar-refractivity contribution in [3.8, 4) is 0 Å². The predicted molar refractivity (Wildman–Crippen MR) is 115 cm³/mol. The van der Waals surface area contributed by atoms with E-state index in [1.807, 2.05) is 10.4 Å². The summed E-state index contributed by atoms with van der Waals surface area (Å²) in [5.74, 6) is -0.111. The number of anilines is 1. The van der Waals surface area contributed by atoms with E-state index in [9.17, 15) is 9.18 Å². The van der Waals surface area contributed by atoms with Crippen molar-refractivity contribution in [3.05, 3.63) is 59.4 Å². The van der Waals surface area contributed by atoms with E-state index < -0.39 is 0 Å². The van der Waals surface area contributed by atoms with Gasteiger partial charge in [0.05, 0.1) is 15.7 Å². The largest absolute Gasteiger partial charge is 0.312 e. The molecule has 150 valence electrons. The summed E-state index contributed by atoms with van der Waals surface area (Å²) < 4.78 is 14.5. The summed E-state index contributed by atoms with van der Waals surface area (Å²) in [6, 6.07) is 13.2. The molecule has 1 aromatic heterocycles. The molecule has 0 aliphatic carbocycles. The van der Waals surface area contributed by atoms with E-state index in [4.69, 9.17) is 0 Å². The number of thiazole rings is 1. The molecule has 2 saturated heterocycles. The van der Waals surface area contributed by atoms with Gasteiger partial charge >= 0.3 is 0 Å². The van der Waals surface area contributed by atoms with Gasteiger partial charge < -0.3 is 4.90 Å². The quantitative estimate of drug-likeness (QED) is 0.610. The zero-order valence-electron chi connectivity index (χ0n) is 16.5. The maximum atomic E-state index is 13.2. The van der Waals surface area contributed by atoms with Crippen LogP contribution in [-0.2, 0) is 4.79 Å². The Morgan fingerprint density at radius 1 is 1.14 bits per heavy atom. The van der Waals surface area contributed by atoms with Gasteiger partial charge in [-0.3, -0.25) is 9.69 Å². The fourth-order valence-corrected chi connectivity index (χ4v) is 5.48. The summed E-state index contributed by atoms with van der Waals surface area (Å²) in [5.41, 5.74) is 5.12. The van der Waals surface area contributed by atoms with Crippen molar-refractivity contribution in [1.29, 1.82) is 0 Å². The van der Waals surface area contributed by atoms with Crippen molar-refractivity contribution in [2.24, 2.45) is 5.41 Å². The highest BCUT2D eigenvalue weighted by Gasteiger charge is 2.45. The van der Waals surface area contributed by atoms with Crippen LogP contribution >= 0.6 is 11.3 Å². The van der Waals surface area contributed by atoms with Gasteiger partial charge in [0.2, 0.25) is 5.91 Å². The van der Waals surface area contributed by atoms with Crippen molar-refractivity contribution in [2.75, 3.05) is 24.5 Å². The second kappa shape index (κ2) is 7.18. The molecule has 4 nitrogen and oxygen atoms in total. The third-order valence-electron chi connectivity index (χ3n) is 6.70. The van der Waals surface area contributed by atoms with Crippen molar-refractivity contribution in [1.82, 2.24) is 9.88 Å². The first-order valence-electron chi connectivity index (χ1n) is 10.2. The first kappa shape index (κ1) is 18.7. The van der Waals surface area contributed by atoms with Crippen LogP contribution in [0.3, 0.4) is 0 Å². The summed E-state index contributed by atoms with van der Waals surface area (Å²) in [7, 11) is 0. The number of rotatable bonds is 3. The molecule has 2 aromatic carbocycles. The number of amides is 1. The number of carbonyl (C=O) groups excluding carboxylic acids is 1. The molecular formula is C23H24FN3OS. The molecule has 0 saturated carbocycles. The van der Waals surface area contributed by atoms with Gasteiger partial charge in [0.25, 0.3) is 0 Å². The van der Waals surface area contributed by atoms with Crippen molar-refractivity contribution in [3.63, 3.8) is 0 Å². The van der Waals surface area contributed by atoms with Gasteiger partial charge in [0.15, 0.2) is 0 Å². The van der Waals surface area contributed by atoms with E-state index in [2.05, 4.69) is 35.0 Å². The fourth-order valence-electron chi connectivity index (χ4n) is 4.82. The summed E-state index contributed by atoms with van der Waals surface area (Å²) in [6.07, 6.45) is 2.62. The SMILES string of the molecule is CC(c1ccc2scnc2c1)N1CCC2(CC1)CC(=O)N(c1ccc(F)cc1)C2. The number of hydrogen-bond acceptors (Lipinski definition) is 4. The van der Waals surface area contributed by atoms with Gasteiger partial charge in [-0.2, -0.15) is 0 Å². The first-order chi connectivity index (χ1) is 14.0. The number of aromatic nitrogens is 1. The molecule has 2 aliphatic rings. The molecule has 1 unspecified atom stereocenters. The zero-order chi connectivity index (χ0) is 20.0. The summed E-state index contributed by atoms with van der Waals surface area (Å²) >= 11 is 1.67. The Balaban J connectivity index is 1.27. The minimum absolute atomic E-state index is 0.0422. The lowest BCUT2D eigenvalue weighted by molar-refractivity contribution is -0.118. The minimum Gasteiger partial charge on any atom is -0.312 e. The van der Waals surface area contributed by atoms with Gasteiger partial charge in [0, 0.05) is 24.7 Å². The normalized spacial score (nSPS) is 20.6. The monoisotopic (exact) mass is 409 g/mol. The standard InChI is InChI=1S/C23H24FN3OS/c1-16(17-2-7-21-20(12-17)25-15-29-21)26-10-8-23(9-11-26)13-22(28)27(14-23)19-5-3-18(24)4-6-19/h2-7,12,15-16H,8-11,13-14H2,1H3. The number of piperidine rings is 1. The molecule has 29 heavy (non-hydrogen) atoms. The number of fused-ring (bicyclic) bond motifs is 1. The molecule has 0 radical (unpaired) electrons. The minimum atomic E-state index is -0.270. The Hall–Kier alpha value is -2.31. The molecule has 3 heterocycles. The lowest BCUT2D eigenvalue weighted by Crippen LogP contribution is -2.42. The van der Waals surface area contributed by atoms with Crippen molar-refractivity contribution >= 4 is 33.1 Å². The zero-order valence-corrected chi connectivity index (χ0v) is 17.3. The summed E-state index contributed by atoms with van der Waals surface area (Å²) in [4.78, 5) is 21.5. The molecule has 0 bridgehead atoms. The van der Waals surface area contributed by atoms with E-state index in [1.54, 1.807) is 23.5 Å². The highest BCUT2D eigenvalue weighted by molar-refractivity contribution is 7.16. The third kappa shape index (κ3) is 3.45. The van der Waals surface area contributed by atoms with Crippen LogP contribution in [0.2, 0.25) is 0 Å². The Labute approximate surface area is 174 Å². The van der Waals surface area contributed by atoms with E-state index in [0.29, 0.717) is 12.5 Å². The number of likely N-dealkylation sites (tertiary alicyclic amines) is 1. The molecule has 0 N–H and O–H groups in total. The Bertz CT molecular complexity index is 1040. The average Bonchev–Trinajstić information content (AvgIpc) is 3.32. The Kier molecular flexibility index (Phi) is 4.63. The van der Waals surface area contributed by atoms with Crippen LogP contribution in [0.1, 0.15) is 37.8 Å². The summed E-state index contributed by atoms with van der Waals surface area (Å²) in [6.45, 7) is 4.97. The van der Waals surface area contributed by atoms with Crippen LogP contribution in [0.5, 0.6) is 0 Å². The smallest absolute Gasteiger partial charge is 0.227 e. The van der Waals surface area contributed by atoms with Gasteiger partial charge in [-0.25, -0.2) is 9.37 Å². The molecule has 2 fully saturated rings. The molecular weight excluding hydrogens is 385 g/mol. The van der Waals surface area contributed by atoms with Crippen LogP contribution in [0.15, 0.2) is 48.0 Å². The van der Waals surface area contributed by atoms with Gasteiger partial charge in [-0.1, -0.05) is 6.07 Å². The fraction of sp³-hybridized carbons (Fsp3) is 0.391. The predicted octanol–water partition coefficient (Wildman–Crippen LogP) is 5.02. The molecule has 3 aromatic rings. The number of nitrogens with zero attached hydrogens (tertiary/aromatic N) is 3. The van der Waals surface area contributed by atoms with Crippen LogP contribution in [0, 0.1) is 11.2 Å². The molecule has 2 aliphatic heterocycles. The van der Waals surface area contributed by atoms with Gasteiger partial charge in [0.1, 0.15) is 5.82 Å². The number of carbonyl (C=O) groups is 1. The average molecular weight is 410 g/mol. The van der Waals surface area contributed by atoms with Crippen LogP contribution in [-0.4, -0.2) is 35.4 Å². The molecule has 1 spiro atoms. The summed E-state index contributed by atoms with van der Waals surface area (Å²) in [5, 5.41) is 0. The van der Waals surface area contributed by atoms with Crippen molar-refractivity contribution < 1.29 is 9.18 Å². The Morgan fingerprint density at radius 2 is 1.90 bits per heavy atom. The van der Waals surface area contributed by atoms with Gasteiger partial charge in [-0.15, -0.1) is 11.3 Å². The van der Waals surface area contributed by atoms with Gasteiger partial charge in [-0.05, 0) is 80.2 Å². The second-order valence-electron chi connectivity index (χ2n) is 8.42. The number of halogens is 1. The highest BCUT2D eigenvalue weighted by atomic mass is 32.1. The maximum absolute atomic E-state index is 13.2.